The Balaban J connectivity index is 1.59. The summed E-state index contributed by atoms with van der Waals surface area (Å²) in [6.45, 7) is 2.53. The number of aliphatic imine (C=N–C) groups is 1. The standard InChI is InChI=1S/C23H24N4O3/c28-21(17-4-1-6-18(13-17)27-23-25-10-3-11-26-23)14-19(22(29)30)15-7-8-20-16(12-15)5-2-9-24-20/h1,4,6-8,12-14,24H,2-3,5,9-11H2,(H,29,30)(H2,25,26,27). The van der Waals surface area contributed by atoms with Gasteiger partial charge in [-0.1, -0.05) is 18.2 Å². The molecule has 4 rings (SSSR count). The number of aryl methyl sites for hydroxylation is 1. The second kappa shape index (κ2) is 8.82. The number of hydrogen-bond donors (Lipinski definition) is 4. The number of anilines is 2. The molecule has 0 saturated heterocycles. The SMILES string of the molecule is O=C(O)C(=CC(=O)c1cccc(NC2=NCCCN2)c1)c1ccc2c(c1)CCCN2. The van der Waals surface area contributed by atoms with E-state index in [0.717, 1.165) is 55.8 Å². The van der Waals surface area contributed by atoms with Gasteiger partial charge in [-0.05, 0) is 54.7 Å². The first-order valence-electron chi connectivity index (χ1n) is 10.1. The van der Waals surface area contributed by atoms with E-state index < -0.39 is 5.97 Å². The van der Waals surface area contributed by atoms with Crippen molar-refractivity contribution in [2.45, 2.75) is 19.3 Å². The number of carbonyl (C=O) groups excluding carboxylic acids is 1. The fourth-order valence-electron chi connectivity index (χ4n) is 3.63. The number of fused-ring (bicyclic) bond motifs is 1. The van der Waals surface area contributed by atoms with Crippen LogP contribution in [0.5, 0.6) is 0 Å². The lowest BCUT2D eigenvalue weighted by Gasteiger charge is -2.18. The minimum absolute atomic E-state index is 0.00921. The highest BCUT2D eigenvalue weighted by Gasteiger charge is 2.17. The molecule has 0 aliphatic carbocycles. The van der Waals surface area contributed by atoms with Crippen LogP contribution < -0.4 is 16.0 Å². The van der Waals surface area contributed by atoms with Crippen LogP contribution in [0.1, 0.15) is 34.3 Å². The van der Waals surface area contributed by atoms with Gasteiger partial charge in [0.05, 0.1) is 5.57 Å². The molecule has 2 heterocycles. The summed E-state index contributed by atoms with van der Waals surface area (Å²) in [6, 6.07) is 12.5. The number of benzene rings is 2. The van der Waals surface area contributed by atoms with Crippen molar-refractivity contribution in [2.75, 3.05) is 30.3 Å². The van der Waals surface area contributed by atoms with E-state index in [-0.39, 0.29) is 11.4 Å². The highest BCUT2D eigenvalue weighted by molar-refractivity contribution is 6.23. The fourth-order valence-corrected chi connectivity index (χ4v) is 3.63. The molecule has 7 nitrogen and oxygen atoms in total. The van der Waals surface area contributed by atoms with E-state index in [1.807, 2.05) is 18.2 Å². The van der Waals surface area contributed by atoms with Crippen molar-refractivity contribution < 1.29 is 14.7 Å². The number of rotatable bonds is 5. The van der Waals surface area contributed by atoms with Gasteiger partial charge in [0, 0.05) is 42.6 Å². The Morgan fingerprint density at radius 3 is 2.70 bits per heavy atom. The number of hydrogen-bond acceptors (Lipinski definition) is 6. The lowest BCUT2D eigenvalue weighted by Crippen LogP contribution is -2.35. The molecule has 2 aromatic rings. The Hall–Kier alpha value is -3.61. The summed E-state index contributed by atoms with van der Waals surface area (Å²) in [5.41, 5.74) is 3.76. The van der Waals surface area contributed by atoms with E-state index in [4.69, 9.17) is 0 Å². The Morgan fingerprint density at radius 2 is 1.90 bits per heavy atom. The molecule has 0 amide bonds. The van der Waals surface area contributed by atoms with E-state index in [1.54, 1.807) is 24.3 Å². The highest BCUT2D eigenvalue weighted by atomic mass is 16.4. The smallest absolute Gasteiger partial charge is 0.336 e. The molecular weight excluding hydrogens is 380 g/mol. The quantitative estimate of drug-likeness (QED) is 0.451. The summed E-state index contributed by atoms with van der Waals surface area (Å²) in [5.74, 6) is -0.803. The second-order valence-electron chi connectivity index (χ2n) is 7.35. The summed E-state index contributed by atoms with van der Waals surface area (Å²) in [4.78, 5) is 29.1. The molecule has 0 atom stereocenters. The molecule has 0 radical (unpaired) electrons. The first kappa shape index (κ1) is 19.7. The number of aliphatic carboxylic acids is 1. The largest absolute Gasteiger partial charge is 0.478 e. The van der Waals surface area contributed by atoms with Crippen LogP contribution in [0.2, 0.25) is 0 Å². The lowest BCUT2D eigenvalue weighted by molar-refractivity contribution is -0.130. The zero-order chi connectivity index (χ0) is 20.9. The number of carboxylic acids is 1. The number of allylic oxidation sites excluding steroid dienone is 1. The number of ketones is 1. The summed E-state index contributed by atoms with van der Waals surface area (Å²) in [5, 5.41) is 19.4. The van der Waals surface area contributed by atoms with Gasteiger partial charge in [-0.25, -0.2) is 4.79 Å². The predicted octanol–water partition coefficient (Wildman–Crippen LogP) is 3.16. The van der Waals surface area contributed by atoms with E-state index in [9.17, 15) is 14.7 Å². The van der Waals surface area contributed by atoms with E-state index in [0.29, 0.717) is 17.1 Å². The van der Waals surface area contributed by atoms with Gasteiger partial charge in [-0.3, -0.25) is 9.79 Å². The average Bonchev–Trinajstić information content (AvgIpc) is 2.77. The number of carboxylic acid groups (broad SMARTS) is 1. The van der Waals surface area contributed by atoms with Crippen molar-refractivity contribution in [1.82, 2.24) is 5.32 Å². The zero-order valence-corrected chi connectivity index (χ0v) is 16.6. The molecule has 4 N–H and O–H groups in total. The molecule has 2 aliphatic heterocycles. The van der Waals surface area contributed by atoms with Crippen molar-refractivity contribution in [2.24, 2.45) is 4.99 Å². The van der Waals surface area contributed by atoms with Gasteiger partial charge in [0.1, 0.15) is 0 Å². The normalized spacial score (nSPS) is 15.9. The van der Waals surface area contributed by atoms with E-state index in [2.05, 4.69) is 20.9 Å². The van der Waals surface area contributed by atoms with Crippen LogP contribution in [0, 0.1) is 0 Å². The number of carbonyl (C=O) groups is 2. The zero-order valence-electron chi connectivity index (χ0n) is 16.6. The van der Waals surface area contributed by atoms with Gasteiger partial charge >= 0.3 is 5.97 Å². The van der Waals surface area contributed by atoms with Crippen molar-refractivity contribution in [1.29, 1.82) is 0 Å². The lowest BCUT2D eigenvalue weighted by atomic mass is 9.96. The van der Waals surface area contributed by atoms with Gasteiger partial charge in [-0.15, -0.1) is 0 Å². The van der Waals surface area contributed by atoms with Crippen LogP contribution in [-0.2, 0) is 11.2 Å². The monoisotopic (exact) mass is 404 g/mol. The molecule has 2 aromatic carbocycles. The minimum Gasteiger partial charge on any atom is -0.478 e. The van der Waals surface area contributed by atoms with Crippen LogP contribution in [0.15, 0.2) is 53.5 Å². The first-order valence-corrected chi connectivity index (χ1v) is 10.1. The number of nitrogens with one attached hydrogen (secondary N) is 3. The van der Waals surface area contributed by atoms with Gasteiger partial charge in [0.15, 0.2) is 11.7 Å². The highest BCUT2D eigenvalue weighted by Crippen LogP contribution is 2.27. The van der Waals surface area contributed by atoms with Crippen LogP contribution in [0.3, 0.4) is 0 Å². The summed E-state index contributed by atoms with van der Waals surface area (Å²) >= 11 is 0. The van der Waals surface area contributed by atoms with Gasteiger partial charge < -0.3 is 21.1 Å². The third-order valence-corrected chi connectivity index (χ3v) is 5.17. The molecule has 0 unspecified atom stereocenters. The van der Waals surface area contributed by atoms with Crippen molar-refractivity contribution in [3.63, 3.8) is 0 Å². The fraction of sp³-hybridized carbons (Fsp3) is 0.261. The molecular formula is C23H24N4O3. The molecule has 30 heavy (non-hydrogen) atoms. The Bertz CT molecular complexity index is 1040. The third kappa shape index (κ3) is 4.51. The summed E-state index contributed by atoms with van der Waals surface area (Å²) in [6.07, 6.45) is 4.09. The number of guanidine groups is 1. The average molecular weight is 404 g/mol. The van der Waals surface area contributed by atoms with E-state index in [1.165, 1.54) is 6.08 Å². The van der Waals surface area contributed by atoms with Crippen molar-refractivity contribution >= 4 is 34.7 Å². The van der Waals surface area contributed by atoms with Crippen molar-refractivity contribution in [3.05, 3.63) is 65.2 Å². The molecule has 154 valence electrons. The third-order valence-electron chi connectivity index (χ3n) is 5.17. The molecule has 0 saturated carbocycles. The van der Waals surface area contributed by atoms with Crippen LogP contribution in [-0.4, -0.2) is 42.5 Å². The molecule has 2 aliphatic rings. The maximum atomic E-state index is 12.8. The second-order valence-corrected chi connectivity index (χ2v) is 7.35. The molecule has 0 bridgehead atoms. The molecule has 0 fully saturated rings. The summed E-state index contributed by atoms with van der Waals surface area (Å²) < 4.78 is 0. The Labute approximate surface area is 174 Å². The van der Waals surface area contributed by atoms with Gasteiger partial charge in [0.25, 0.3) is 0 Å². The Kier molecular flexibility index (Phi) is 5.79. The predicted molar refractivity (Wildman–Crippen MR) is 118 cm³/mol. The maximum Gasteiger partial charge on any atom is 0.336 e. The van der Waals surface area contributed by atoms with Gasteiger partial charge in [-0.2, -0.15) is 0 Å². The maximum absolute atomic E-state index is 12.8. The van der Waals surface area contributed by atoms with Crippen LogP contribution in [0.4, 0.5) is 11.4 Å². The molecule has 0 aromatic heterocycles. The molecule has 0 spiro atoms. The van der Waals surface area contributed by atoms with Crippen LogP contribution >= 0.6 is 0 Å². The van der Waals surface area contributed by atoms with Crippen LogP contribution in [0.25, 0.3) is 5.57 Å². The molecule has 7 heteroatoms. The Morgan fingerprint density at radius 1 is 1.03 bits per heavy atom. The van der Waals surface area contributed by atoms with Crippen molar-refractivity contribution in [3.8, 4) is 0 Å². The first-order chi connectivity index (χ1) is 14.6. The van der Waals surface area contributed by atoms with Gasteiger partial charge in [0.2, 0.25) is 0 Å². The van der Waals surface area contributed by atoms with E-state index >= 15 is 0 Å². The minimum atomic E-state index is -1.12. The number of nitrogens with zero attached hydrogens (tertiary/aromatic N) is 1. The topological polar surface area (TPSA) is 103 Å². The summed E-state index contributed by atoms with van der Waals surface area (Å²) in [7, 11) is 0.